The summed E-state index contributed by atoms with van der Waals surface area (Å²) in [6, 6.07) is -0.630. The molecule has 0 heterocycles. The Hall–Kier alpha value is -0.810. The molecule has 0 saturated carbocycles. The van der Waals surface area contributed by atoms with Crippen molar-refractivity contribution in [3.63, 3.8) is 0 Å². The van der Waals surface area contributed by atoms with Crippen LogP contribution < -0.4 is 5.32 Å². The zero-order valence-electron chi connectivity index (χ0n) is 7.82. The van der Waals surface area contributed by atoms with Gasteiger partial charge in [-0.25, -0.2) is 4.79 Å². The lowest BCUT2D eigenvalue weighted by Crippen LogP contribution is -2.40. The number of rotatable bonds is 6. The lowest BCUT2D eigenvalue weighted by atomic mass is 10.3. The molecule has 3 N–H and O–H groups in total. The van der Waals surface area contributed by atoms with Crippen molar-refractivity contribution in [2.45, 2.75) is 25.8 Å². The van der Waals surface area contributed by atoms with Gasteiger partial charge < -0.3 is 20.3 Å². The van der Waals surface area contributed by atoms with E-state index in [4.69, 9.17) is 14.9 Å². The molecule has 0 saturated heterocycles. The topological polar surface area (TPSA) is 78.8 Å². The largest absolute Gasteiger partial charge is 0.450 e. The monoisotopic (exact) mass is 191 g/mol. The highest BCUT2D eigenvalue weighted by molar-refractivity contribution is 5.67. The number of carbonyl (C=O) groups is 1. The number of hydrogen-bond acceptors (Lipinski definition) is 4. The zero-order valence-corrected chi connectivity index (χ0v) is 7.82. The van der Waals surface area contributed by atoms with Gasteiger partial charge in [-0.2, -0.15) is 0 Å². The molecule has 0 aromatic rings. The molecule has 13 heavy (non-hydrogen) atoms. The Morgan fingerprint density at radius 1 is 1.46 bits per heavy atom. The first-order valence-electron chi connectivity index (χ1n) is 4.39. The van der Waals surface area contributed by atoms with Gasteiger partial charge in [-0.3, -0.25) is 0 Å². The summed E-state index contributed by atoms with van der Waals surface area (Å²) < 4.78 is 4.74. The molecule has 0 radical (unpaired) electrons. The average Bonchev–Trinajstić information content (AvgIpc) is 2.14. The van der Waals surface area contributed by atoms with E-state index in [0.717, 1.165) is 12.8 Å². The van der Waals surface area contributed by atoms with E-state index >= 15 is 0 Å². The molecule has 0 aromatic carbocycles. The van der Waals surface area contributed by atoms with Crippen LogP contribution in [0.3, 0.4) is 0 Å². The number of aliphatic hydroxyl groups excluding tert-OH is 2. The first-order chi connectivity index (χ1) is 6.24. The quantitative estimate of drug-likeness (QED) is 0.511. The van der Waals surface area contributed by atoms with E-state index in [1.54, 1.807) is 0 Å². The molecule has 0 bridgehead atoms. The van der Waals surface area contributed by atoms with E-state index < -0.39 is 12.1 Å². The second-order valence-electron chi connectivity index (χ2n) is 2.70. The number of alkyl carbamates (subject to hydrolysis) is 1. The maximum atomic E-state index is 10.9. The lowest BCUT2D eigenvalue weighted by molar-refractivity contribution is 0.120. The van der Waals surface area contributed by atoms with Crippen molar-refractivity contribution in [1.29, 1.82) is 0 Å². The Morgan fingerprint density at radius 2 is 2.08 bits per heavy atom. The van der Waals surface area contributed by atoms with E-state index in [0.29, 0.717) is 6.61 Å². The van der Waals surface area contributed by atoms with Gasteiger partial charge in [0.1, 0.15) is 0 Å². The first-order valence-corrected chi connectivity index (χ1v) is 4.39. The molecule has 0 aliphatic heterocycles. The molecule has 0 spiro atoms. The molecule has 0 aliphatic carbocycles. The zero-order chi connectivity index (χ0) is 10.1. The third-order valence-corrected chi connectivity index (χ3v) is 1.49. The van der Waals surface area contributed by atoms with Crippen molar-refractivity contribution >= 4 is 6.09 Å². The van der Waals surface area contributed by atoms with Gasteiger partial charge in [0, 0.05) is 0 Å². The summed E-state index contributed by atoms with van der Waals surface area (Å²) >= 11 is 0. The highest BCUT2D eigenvalue weighted by Crippen LogP contribution is 1.89. The predicted molar refractivity (Wildman–Crippen MR) is 47.4 cm³/mol. The van der Waals surface area contributed by atoms with Crippen molar-refractivity contribution in [2.24, 2.45) is 0 Å². The second kappa shape index (κ2) is 7.82. The van der Waals surface area contributed by atoms with E-state index in [9.17, 15) is 4.79 Å². The lowest BCUT2D eigenvalue weighted by Gasteiger charge is -2.12. The Balaban J connectivity index is 3.48. The van der Waals surface area contributed by atoms with Gasteiger partial charge in [-0.15, -0.1) is 0 Å². The van der Waals surface area contributed by atoms with Gasteiger partial charge in [0.2, 0.25) is 0 Å². The van der Waals surface area contributed by atoms with Gasteiger partial charge in [0.05, 0.1) is 25.9 Å². The van der Waals surface area contributed by atoms with Crippen LogP contribution in [-0.2, 0) is 4.74 Å². The van der Waals surface area contributed by atoms with Crippen LogP contribution in [-0.4, -0.2) is 42.2 Å². The fourth-order valence-electron chi connectivity index (χ4n) is 0.667. The summed E-state index contributed by atoms with van der Waals surface area (Å²) in [5, 5.41) is 19.5. The highest BCUT2D eigenvalue weighted by atomic mass is 16.5. The molecule has 0 aromatic heterocycles. The molecule has 0 aliphatic rings. The standard InChI is InChI=1S/C8H17NO4/c1-2-3-4-13-8(12)9-7(5-10)6-11/h7,10-11H,2-6H2,1H3,(H,9,12). The van der Waals surface area contributed by atoms with Crippen molar-refractivity contribution in [3.05, 3.63) is 0 Å². The third-order valence-electron chi connectivity index (χ3n) is 1.49. The average molecular weight is 191 g/mol. The van der Waals surface area contributed by atoms with Gasteiger partial charge >= 0.3 is 6.09 Å². The summed E-state index contributed by atoms with van der Waals surface area (Å²) in [7, 11) is 0. The summed E-state index contributed by atoms with van der Waals surface area (Å²) in [5.41, 5.74) is 0. The fraction of sp³-hybridized carbons (Fsp3) is 0.875. The van der Waals surface area contributed by atoms with Crippen LogP contribution in [0.2, 0.25) is 0 Å². The highest BCUT2D eigenvalue weighted by Gasteiger charge is 2.09. The van der Waals surface area contributed by atoms with Crippen LogP contribution in [0, 0.1) is 0 Å². The summed E-state index contributed by atoms with van der Waals surface area (Å²) in [4.78, 5) is 10.9. The van der Waals surface area contributed by atoms with Crippen LogP contribution in [0.5, 0.6) is 0 Å². The van der Waals surface area contributed by atoms with Gasteiger partial charge in [0.25, 0.3) is 0 Å². The summed E-state index contributed by atoms with van der Waals surface area (Å²) in [6.07, 6.45) is 1.18. The number of aliphatic hydroxyl groups is 2. The first kappa shape index (κ1) is 12.2. The number of hydrogen-bond donors (Lipinski definition) is 3. The molecule has 0 atom stereocenters. The normalized spacial score (nSPS) is 10.2. The Morgan fingerprint density at radius 3 is 2.54 bits per heavy atom. The van der Waals surface area contributed by atoms with E-state index in [2.05, 4.69) is 5.32 Å². The second-order valence-corrected chi connectivity index (χ2v) is 2.70. The third kappa shape index (κ3) is 6.36. The molecular formula is C8H17NO4. The minimum atomic E-state index is -0.630. The molecule has 5 nitrogen and oxygen atoms in total. The smallest absolute Gasteiger partial charge is 0.407 e. The SMILES string of the molecule is CCCCOC(=O)NC(CO)CO. The molecule has 1 amide bonds. The molecule has 5 heteroatoms. The number of nitrogens with one attached hydrogen (secondary N) is 1. The van der Waals surface area contributed by atoms with E-state index in [1.165, 1.54) is 0 Å². The summed E-state index contributed by atoms with van der Waals surface area (Å²) in [5.74, 6) is 0. The van der Waals surface area contributed by atoms with Crippen LogP contribution in [0.1, 0.15) is 19.8 Å². The number of ether oxygens (including phenoxy) is 1. The molecule has 0 fully saturated rings. The molecule has 78 valence electrons. The molecular weight excluding hydrogens is 174 g/mol. The van der Waals surface area contributed by atoms with Crippen molar-refractivity contribution in [3.8, 4) is 0 Å². The van der Waals surface area contributed by atoms with E-state index in [-0.39, 0.29) is 13.2 Å². The van der Waals surface area contributed by atoms with Gasteiger partial charge in [-0.1, -0.05) is 13.3 Å². The maximum Gasteiger partial charge on any atom is 0.407 e. The van der Waals surface area contributed by atoms with Crippen molar-refractivity contribution in [2.75, 3.05) is 19.8 Å². The Bertz CT molecular complexity index is 136. The van der Waals surface area contributed by atoms with E-state index in [1.807, 2.05) is 6.92 Å². The minimum absolute atomic E-state index is 0.292. The van der Waals surface area contributed by atoms with Gasteiger partial charge in [-0.05, 0) is 6.42 Å². The van der Waals surface area contributed by atoms with Crippen LogP contribution in [0.4, 0.5) is 4.79 Å². The van der Waals surface area contributed by atoms with Crippen LogP contribution in [0.15, 0.2) is 0 Å². The number of carbonyl (C=O) groups excluding carboxylic acids is 1. The number of amides is 1. The Labute approximate surface area is 77.7 Å². The fourth-order valence-corrected chi connectivity index (χ4v) is 0.667. The minimum Gasteiger partial charge on any atom is -0.450 e. The predicted octanol–water partition coefficient (Wildman–Crippen LogP) is -0.134. The Kier molecular flexibility index (Phi) is 7.33. The van der Waals surface area contributed by atoms with Crippen molar-refractivity contribution < 1.29 is 19.7 Å². The van der Waals surface area contributed by atoms with Gasteiger partial charge in [0.15, 0.2) is 0 Å². The maximum absolute atomic E-state index is 10.9. The van der Waals surface area contributed by atoms with Crippen LogP contribution >= 0.6 is 0 Å². The molecule has 0 unspecified atom stereocenters. The summed E-state index contributed by atoms with van der Waals surface area (Å²) in [6.45, 7) is 1.77. The van der Waals surface area contributed by atoms with Crippen molar-refractivity contribution in [1.82, 2.24) is 5.32 Å². The molecule has 0 rings (SSSR count). The number of unbranched alkanes of at least 4 members (excludes halogenated alkanes) is 1. The van der Waals surface area contributed by atoms with Crippen LogP contribution in [0.25, 0.3) is 0 Å².